The number of hydrogen-bond acceptors (Lipinski definition) is 4. The second-order valence-electron chi connectivity index (χ2n) is 9.80. The Bertz CT molecular complexity index is 1390. The van der Waals surface area contributed by atoms with Crippen molar-refractivity contribution < 1.29 is 18.0 Å². The third kappa shape index (κ3) is 7.40. The van der Waals surface area contributed by atoms with E-state index >= 15 is 0 Å². The lowest BCUT2D eigenvalue weighted by atomic mass is 10.1. The Balaban J connectivity index is 2.09. The molecule has 0 heterocycles. The fourth-order valence-corrected chi connectivity index (χ4v) is 5.94. The summed E-state index contributed by atoms with van der Waals surface area (Å²) in [6, 6.07) is 19.8. The zero-order valence-electron chi connectivity index (χ0n) is 23.0. The van der Waals surface area contributed by atoms with E-state index in [2.05, 4.69) is 5.32 Å². The number of aryl methyl sites for hydroxylation is 1. The molecule has 7 nitrogen and oxygen atoms in total. The van der Waals surface area contributed by atoms with Gasteiger partial charge in [-0.15, -0.1) is 0 Å². The minimum atomic E-state index is -4.16. The van der Waals surface area contributed by atoms with Gasteiger partial charge in [0.2, 0.25) is 11.8 Å². The molecule has 3 aromatic carbocycles. The Labute approximate surface area is 236 Å². The molecule has 1 atom stereocenters. The minimum Gasteiger partial charge on any atom is -0.352 e. The van der Waals surface area contributed by atoms with Crippen LogP contribution in [0.1, 0.15) is 43.9 Å². The number of sulfonamides is 1. The third-order valence-corrected chi connectivity index (χ3v) is 8.59. The fourth-order valence-electron chi connectivity index (χ4n) is 4.30. The largest absolute Gasteiger partial charge is 0.352 e. The fraction of sp³-hybridized carbons (Fsp3) is 0.333. The van der Waals surface area contributed by atoms with Gasteiger partial charge in [0.25, 0.3) is 10.0 Å². The predicted octanol–water partition coefficient (Wildman–Crippen LogP) is 5.48. The van der Waals surface area contributed by atoms with Gasteiger partial charge in [0.1, 0.15) is 12.6 Å². The minimum absolute atomic E-state index is 0.0551. The van der Waals surface area contributed by atoms with E-state index < -0.39 is 28.5 Å². The van der Waals surface area contributed by atoms with Crippen molar-refractivity contribution in [3.8, 4) is 0 Å². The standard InChI is InChI=1S/C30H36ClN3O4S/c1-6-27(30(36)32-21(2)3)33(19-24-11-8-7-9-12-24)29(35)20-34(28-14-10-13-26(31)23(28)5)39(37,38)25-17-15-22(4)16-18-25/h7-18,21,27H,6,19-20H2,1-5H3,(H,32,36)/t27-/m1/s1. The predicted molar refractivity (Wildman–Crippen MR) is 156 cm³/mol. The first-order valence-corrected chi connectivity index (χ1v) is 14.8. The SMILES string of the molecule is CC[C@H](C(=O)NC(C)C)N(Cc1ccccc1)C(=O)CN(c1cccc(Cl)c1C)S(=O)(=O)c1ccc(C)cc1. The molecular weight excluding hydrogens is 534 g/mol. The molecule has 2 amide bonds. The first-order chi connectivity index (χ1) is 18.4. The summed E-state index contributed by atoms with van der Waals surface area (Å²) in [5.74, 6) is -0.789. The maximum atomic E-state index is 14.1. The summed E-state index contributed by atoms with van der Waals surface area (Å²) in [5.41, 5.74) is 2.57. The molecule has 0 radical (unpaired) electrons. The summed E-state index contributed by atoms with van der Waals surface area (Å²) in [7, 11) is -4.16. The van der Waals surface area contributed by atoms with Gasteiger partial charge in [-0.25, -0.2) is 8.42 Å². The Morgan fingerprint density at radius 1 is 0.923 bits per heavy atom. The lowest BCUT2D eigenvalue weighted by Crippen LogP contribution is -2.53. The van der Waals surface area contributed by atoms with Crippen molar-refractivity contribution in [1.82, 2.24) is 10.2 Å². The highest BCUT2D eigenvalue weighted by atomic mass is 35.5. The van der Waals surface area contributed by atoms with E-state index in [4.69, 9.17) is 11.6 Å². The average Bonchev–Trinajstić information content (AvgIpc) is 2.89. The van der Waals surface area contributed by atoms with E-state index in [-0.39, 0.29) is 23.4 Å². The van der Waals surface area contributed by atoms with Gasteiger partial charge in [-0.1, -0.05) is 72.6 Å². The van der Waals surface area contributed by atoms with Crippen LogP contribution in [0.4, 0.5) is 5.69 Å². The molecule has 39 heavy (non-hydrogen) atoms. The number of nitrogens with zero attached hydrogens (tertiary/aromatic N) is 2. The quantitative estimate of drug-likeness (QED) is 0.331. The van der Waals surface area contributed by atoms with Gasteiger partial charge < -0.3 is 10.2 Å². The van der Waals surface area contributed by atoms with E-state index in [9.17, 15) is 18.0 Å². The number of benzene rings is 3. The highest BCUT2D eigenvalue weighted by Crippen LogP contribution is 2.31. The Morgan fingerprint density at radius 3 is 2.15 bits per heavy atom. The van der Waals surface area contributed by atoms with Crippen molar-refractivity contribution in [2.45, 2.75) is 64.6 Å². The lowest BCUT2D eigenvalue weighted by Gasteiger charge is -2.34. The topological polar surface area (TPSA) is 86.8 Å². The van der Waals surface area contributed by atoms with Crippen LogP contribution < -0.4 is 9.62 Å². The number of anilines is 1. The Kier molecular flexibility index (Phi) is 10.2. The van der Waals surface area contributed by atoms with Crippen molar-refractivity contribution >= 4 is 39.1 Å². The highest BCUT2D eigenvalue weighted by molar-refractivity contribution is 7.92. The van der Waals surface area contributed by atoms with Gasteiger partial charge in [0, 0.05) is 17.6 Å². The molecule has 9 heteroatoms. The summed E-state index contributed by atoms with van der Waals surface area (Å²) in [6.07, 6.45) is 0.359. The zero-order valence-corrected chi connectivity index (χ0v) is 24.6. The summed E-state index contributed by atoms with van der Waals surface area (Å²) in [6.45, 7) is 8.77. The molecule has 0 fully saturated rings. The normalized spacial score (nSPS) is 12.2. The molecule has 0 aliphatic heterocycles. The summed E-state index contributed by atoms with van der Waals surface area (Å²) in [5, 5.41) is 3.28. The number of carbonyl (C=O) groups is 2. The van der Waals surface area contributed by atoms with Crippen molar-refractivity contribution in [2.75, 3.05) is 10.8 Å². The van der Waals surface area contributed by atoms with Crippen LogP contribution in [0.3, 0.4) is 0 Å². The molecule has 0 aromatic heterocycles. The first kappa shape index (κ1) is 30.2. The zero-order chi connectivity index (χ0) is 28.7. The van der Waals surface area contributed by atoms with Gasteiger partial charge in [-0.05, 0) is 69.5 Å². The van der Waals surface area contributed by atoms with Crippen LogP contribution in [0, 0.1) is 13.8 Å². The van der Waals surface area contributed by atoms with E-state index in [0.717, 1.165) is 15.4 Å². The Morgan fingerprint density at radius 2 is 1.56 bits per heavy atom. The lowest BCUT2D eigenvalue weighted by molar-refractivity contribution is -0.140. The van der Waals surface area contributed by atoms with Crippen molar-refractivity contribution in [2.24, 2.45) is 0 Å². The summed E-state index contributed by atoms with van der Waals surface area (Å²) < 4.78 is 29.0. The van der Waals surface area contributed by atoms with Crippen LogP contribution in [-0.4, -0.2) is 43.8 Å². The molecule has 0 saturated carbocycles. The number of amides is 2. The van der Waals surface area contributed by atoms with E-state index in [1.54, 1.807) is 37.3 Å². The summed E-state index contributed by atoms with van der Waals surface area (Å²) >= 11 is 6.37. The highest BCUT2D eigenvalue weighted by Gasteiger charge is 2.34. The first-order valence-electron chi connectivity index (χ1n) is 12.9. The molecule has 0 bridgehead atoms. The summed E-state index contributed by atoms with van der Waals surface area (Å²) in [4.78, 5) is 28.7. The van der Waals surface area contributed by atoms with Gasteiger partial charge in [0.15, 0.2) is 0 Å². The van der Waals surface area contributed by atoms with Crippen LogP contribution in [0.5, 0.6) is 0 Å². The molecule has 0 spiro atoms. The van der Waals surface area contributed by atoms with Gasteiger partial charge in [0.05, 0.1) is 10.6 Å². The van der Waals surface area contributed by atoms with E-state index in [1.807, 2.05) is 58.0 Å². The molecule has 0 unspecified atom stereocenters. The van der Waals surface area contributed by atoms with Crippen LogP contribution in [0.2, 0.25) is 5.02 Å². The van der Waals surface area contributed by atoms with Crippen LogP contribution in [0.15, 0.2) is 77.7 Å². The maximum Gasteiger partial charge on any atom is 0.264 e. The number of halogens is 1. The van der Waals surface area contributed by atoms with Crippen molar-refractivity contribution in [3.63, 3.8) is 0 Å². The van der Waals surface area contributed by atoms with Gasteiger partial charge in [-0.2, -0.15) is 0 Å². The van der Waals surface area contributed by atoms with Crippen molar-refractivity contribution in [1.29, 1.82) is 0 Å². The monoisotopic (exact) mass is 569 g/mol. The number of rotatable bonds is 11. The third-order valence-electron chi connectivity index (χ3n) is 6.41. The van der Waals surface area contributed by atoms with E-state index in [0.29, 0.717) is 22.7 Å². The van der Waals surface area contributed by atoms with Crippen LogP contribution in [-0.2, 0) is 26.2 Å². The number of carbonyl (C=O) groups excluding carboxylic acids is 2. The van der Waals surface area contributed by atoms with Crippen LogP contribution >= 0.6 is 11.6 Å². The second-order valence-corrected chi connectivity index (χ2v) is 12.1. The molecule has 0 saturated heterocycles. The molecule has 3 rings (SSSR count). The van der Waals surface area contributed by atoms with Gasteiger partial charge >= 0.3 is 0 Å². The smallest absolute Gasteiger partial charge is 0.264 e. The molecule has 208 valence electrons. The molecular formula is C30H36ClN3O4S. The Hall–Kier alpha value is -3.36. The second kappa shape index (κ2) is 13.1. The molecule has 0 aliphatic rings. The van der Waals surface area contributed by atoms with Crippen LogP contribution in [0.25, 0.3) is 0 Å². The molecule has 3 aromatic rings. The number of hydrogen-bond donors (Lipinski definition) is 1. The van der Waals surface area contributed by atoms with Crippen molar-refractivity contribution in [3.05, 3.63) is 94.5 Å². The molecule has 0 aliphatic carbocycles. The van der Waals surface area contributed by atoms with E-state index in [1.165, 1.54) is 17.0 Å². The molecule has 1 N–H and O–H groups in total. The maximum absolute atomic E-state index is 14.1. The number of nitrogens with one attached hydrogen (secondary N) is 1. The van der Waals surface area contributed by atoms with Gasteiger partial charge in [-0.3, -0.25) is 13.9 Å². The average molecular weight is 570 g/mol.